The van der Waals surface area contributed by atoms with Crippen molar-refractivity contribution >= 4 is 11.8 Å². The van der Waals surface area contributed by atoms with Crippen LogP contribution in [0, 0.1) is 0 Å². The summed E-state index contributed by atoms with van der Waals surface area (Å²) < 4.78 is 0. The Morgan fingerprint density at radius 1 is 0.390 bits per heavy atom. The minimum atomic E-state index is -0.115. The average molecular weight is 568 g/mol. The summed E-state index contributed by atoms with van der Waals surface area (Å²) in [5, 5.41) is 0. The van der Waals surface area contributed by atoms with E-state index in [1.165, 1.54) is 172 Å². The number of rotatable bonds is 29. The highest BCUT2D eigenvalue weighted by Crippen LogP contribution is 2.23. The molecule has 3 heteroatoms. The van der Waals surface area contributed by atoms with Crippen LogP contribution in [-0.4, -0.2) is 23.3 Å². The van der Waals surface area contributed by atoms with E-state index in [9.17, 15) is 9.59 Å². The fraction of sp³-hybridized carbons (Fsp3) is 0.789. The van der Waals surface area contributed by atoms with Gasteiger partial charge in [0.1, 0.15) is 0 Å². The van der Waals surface area contributed by atoms with Crippen LogP contribution in [0.15, 0.2) is 24.3 Å². The first-order valence-corrected chi connectivity index (χ1v) is 18.2. The number of benzene rings is 1. The molecule has 0 unspecified atom stereocenters. The number of carbonyl (C=O) groups is 2. The van der Waals surface area contributed by atoms with Crippen LogP contribution < -0.4 is 0 Å². The molecule has 0 N–H and O–H groups in total. The molecule has 0 radical (unpaired) electrons. The van der Waals surface area contributed by atoms with Gasteiger partial charge >= 0.3 is 0 Å². The van der Waals surface area contributed by atoms with Crippen molar-refractivity contribution in [1.29, 1.82) is 0 Å². The van der Waals surface area contributed by atoms with Gasteiger partial charge in [0.15, 0.2) is 0 Å². The molecule has 0 atom stereocenters. The Morgan fingerprint density at radius 2 is 0.634 bits per heavy atom. The van der Waals surface area contributed by atoms with E-state index in [2.05, 4.69) is 6.92 Å². The lowest BCUT2D eigenvalue weighted by Gasteiger charge is -2.13. The van der Waals surface area contributed by atoms with Gasteiger partial charge in [-0.3, -0.25) is 14.5 Å². The summed E-state index contributed by atoms with van der Waals surface area (Å²) in [6, 6.07) is 7.18. The predicted octanol–water partition coefficient (Wildman–Crippen LogP) is 12.2. The second-order valence-electron chi connectivity index (χ2n) is 12.9. The van der Waals surface area contributed by atoms with Gasteiger partial charge in [-0.2, -0.15) is 0 Å². The highest BCUT2D eigenvalue weighted by molar-refractivity contribution is 6.21. The average Bonchev–Trinajstić information content (AvgIpc) is 3.23. The lowest BCUT2D eigenvalue weighted by molar-refractivity contribution is 0.0651. The summed E-state index contributed by atoms with van der Waals surface area (Å²) >= 11 is 0. The first-order chi connectivity index (χ1) is 20.3. The zero-order valence-electron chi connectivity index (χ0n) is 27.1. The van der Waals surface area contributed by atoms with E-state index in [1.54, 1.807) is 12.1 Å². The number of nitrogens with zero attached hydrogens (tertiary/aromatic N) is 1. The van der Waals surface area contributed by atoms with E-state index < -0.39 is 0 Å². The van der Waals surface area contributed by atoms with Crippen LogP contribution >= 0.6 is 0 Å². The summed E-state index contributed by atoms with van der Waals surface area (Å²) in [5.41, 5.74) is 1.13. The first kappa shape index (κ1) is 35.6. The minimum Gasteiger partial charge on any atom is -0.274 e. The largest absolute Gasteiger partial charge is 0.274 e. The standard InChI is InChI=1S/C38H65NO2/c1-2-3-4-5-6-7-8-9-10-11-12-13-14-15-16-17-18-19-20-21-22-23-24-25-26-27-28-31-34-39-37(40)35-32-29-30-33-36(35)38(39)41/h29-30,32-33H,2-28,31,34H2,1H3. The molecule has 0 spiro atoms. The van der Waals surface area contributed by atoms with Crippen molar-refractivity contribution in [3.05, 3.63) is 35.4 Å². The molecule has 1 heterocycles. The van der Waals surface area contributed by atoms with Crippen LogP contribution in [0.1, 0.15) is 207 Å². The summed E-state index contributed by atoms with van der Waals surface area (Å²) in [4.78, 5) is 26.2. The van der Waals surface area contributed by atoms with Crippen LogP contribution in [0.4, 0.5) is 0 Å². The molecule has 2 rings (SSSR count). The van der Waals surface area contributed by atoms with Crippen LogP contribution in [0.3, 0.4) is 0 Å². The number of imide groups is 1. The first-order valence-electron chi connectivity index (χ1n) is 18.2. The molecule has 1 aromatic rings. The molecule has 1 aliphatic heterocycles. The Balaban J connectivity index is 1.21. The number of carbonyl (C=O) groups excluding carboxylic acids is 2. The SMILES string of the molecule is CCCCCCCCCCCCCCCCCCCCCCCCCCCCCCN1C(=O)c2ccccc2C1=O. The maximum atomic E-state index is 12.4. The lowest BCUT2D eigenvalue weighted by atomic mass is 10.0. The van der Waals surface area contributed by atoms with Crippen molar-refractivity contribution in [3.8, 4) is 0 Å². The molecule has 0 aromatic heterocycles. The number of hydrogen-bond donors (Lipinski definition) is 0. The molecule has 234 valence electrons. The molecule has 0 saturated carbocycles. The molecule has 3 nitrogen and oxygen atoms in total. The summed E-state index contributed by atoms with van der Waals surface area (Å²) in [6.45, 7) is 2.86. The number of fused-ring (bicyclic) bond motifs is 1. The van der Waals surface area contributed by atoms with Gasteiger partial charge in [0.25, 0.3) is 11.8 Å². The highest BCUT2D eigenvalue weighted by atomic mass is 16.2. The third-order valence-corrected chi connectivity index (χ3v) is 9.11. The van der Waals surface area contributed by atoms with E-state index in [1.807, 2.05) is 12.1 Å². The van der Waals surface area contributed by atoms with E-state index in [0.29, 0.717) is 17.7 Å². The molecule has 41 heavy (non-hydrogen) atoms. The van der Waals surface area contributed by atoms with Crippen LogP contribution in [0.25, 0.3) is 0 Å². The fourth-order valence-electron chi connectivity index (χ4n) is 6.38. The van der Waals surface area contributed by atoms with Crippen molar-refractivity contribution in [1.82, 2.24) is 4.90 Å². The number of hydrogen-bond acceptors (Lipinski definition) is 2. The van der Waals surface area contributed by atoms with Crippen LogP contribution in [-0.2, 0) is 0 Å². The maximum absolute atomic E-state index is 12.4. The van der Waals surface area contributed by atoms with Crippen molar-refractivity contribution < 1.29 is 9.59 Å². The molecule has 0 bridgehead atoms. The molecule has 1 aromatic carbocycles. The zero-order chi connectivity index (χ0) is 29.2. The second-order valence-corrected chi connectivity index (χ2v) is 12.9. The fourth-order valence-corrected chi connectivity index (χ4v) is 6.38. The van der Waals surface area contributed by atoms with Gasteiger partial charge in [-0.1, -0.05) is 192 Å². The lowest BCUT2D eigenvalue weighted by Crippen LogP contribution is -2.30. The molecule has 2 amide bonds. The molecular weight excluding hydrogens is 502 g/mol. The molecule has 0 fully saturated rings. The Kier molecular flexibility index (Phi) is 21.6. The molecule has 0 saturated heterocycles. The zero-order valence-corrected chi connectivity index (χ0v) is 27.1. The van der Waals surface area contributed by atoms with Gasteiger partial charge in [0.2, 0.25) is 0 Å². The number of amides is 2. The van der Waals surface area contributed by atoms with E-state index in [0.717, 1.165) is 12.8 Å². The summed E-state index contributed by atoms with van der Waals surface area (Å²) in [6.07, 6.45) is 39.0. The Bertz CT molecular complexity index is 753. The predicted molar refractivity (Wildman–Crippen MR) is 177 cm³/mol. The highest BCUT2D eigenvalue weighted by Gasteiger charge is 2.34. The number of unbranched alkanes of at least 4 members (excludes halogenated alkanes) is 27. The van der Waals surface area contributed by atoms with Crippen LogP contribution in [0.5, 0.6) is 0 Å². The van der Waals surface area contributed by atoms with E-state index in [4.69, 9.17) is 0 Å². The topological polar surface area (TPSA) is 37.4 Å². The van der Waals surface area contributed by atoms with Crippen LogP contribution in [0.2, 0.25) is 0 Å². The van der Waals surface area contributed by atoms with E-state index >= 15 is 0 Å². The van der Waals surface area contributed by atoms with Crippen molar-refractivity contribution in [2.24, 2.45) is 0 Å². The van der Waals surface area contributed by atoms with Crippen molar-refractivity contribution in [3.63, 3.8) is 0 Å². The quantitative estimate of drug-likeness (QED) is 0.0713. The molecule has 0 aliphatic carbocycles. The monoisotopic (exact) mass is 568 g/mol. The van der Waals surface area contributed by atoms with Gasteiger partial charge in [-0.25, -0.2) is 0 Å². The molecule has 1 aliphatic rings. The summed E-state index contributed by atoms with van der Waals surface area (Å²) in [7, 11) is 0. The van der Waals surface area contributed by atoms with Gasteiger partial charge < -0.3 is 0 Å². The Labute approximate surface area is 254 Å². The van der Waals surface area contributed by atoms with Gasteiger partial charge in [0, 0.05) is 6.54 Å². The maximum Gasteiger partial charge on any atom is 0.261 e. The Hall–Kier alpha value is -1.64. The third-order valence-electron chi connectivity index (χ3n) is 9.11. The molecular formula is C38H65NO2. The summed E-state index contributed by atoms with van der Waals surface area (Å²) in [5.74, 6) is -0.230. The van der Waals surface area contributed by atoms with Gasteiger partial charge in [-0.15, -0.1) is 0 Å². The van der Waals surface area contributed by atoms with Gasteiger partial charge in [-0.05, 0) is 18.6 Å². The Morgan fingerprint density at radius 3 is 0.902 bits per heavy atom. The smallest absolute Gasteiger partial charge is 0.261 e. The van der Waals surface area contributed by atoms with Crippen molar-refractivity contribution in [2.75, 3.05) is 6.54 Å². The van der Waals surface area contributed by atoms with Gasteiger partial charge in [0.05, 0.1) is 11.1 Å². The normalized spacial score (nSPS) is 13.0. The second kappa shape index (κ2) is 24.9. The van der Waals surface area contributed by atoms with E-state index in [-0.39, 0.29) is 11.8 Å². The third kappa shape index (κ3) is 16.5. The van der Waals surface area contributed by atoms with Crippen molar-refractivity contribution in [2.45, 2.75) is 187 Å². The minimum absolute atomic E-state index is 0.115.